The van der Waals surface area contributed by atoms with Gasteiger partial charge in [-0.15, -0.1) is 0 Å². The Morgan fingerprint density at radius 2 is 1.86 bits per heavy atom. The van der Waals surface area contributed by atoms with Gasteiger partial charge in [0.15, 0.2) is 0 Å². The van der Waals surface area contributed by atoms with Gasteiger partial charge in [-0.1, -0.05) is 6.07 Å². The summed E-state index contributed by atoms with van der Waals surface area (Å²) in [4.78, 5) is 43.2. The largest absolute Gasteiger partial charge is 0.497 e. The van der Waals surface area contributed by atoms with Crippen molar-refractivity contribution in [2.75, 3.05) is 40.3 Å². The molecule has 3 amide bonds. The van der Waals surface area contributed by atoms with Crippen molar-refractivity contribution in [2.45, 2.75) is 25.3 Å². The summed E-state index contributed by atoms with van der Waals surface area (Å²) in [5, 5.41) is 0. The van der Waals surface area contributed by atoms with Gasteiger partial charge < -0.3 is 19.4 Å². The van der Waals surface area contributed by atoms with Gasteiger partial charge in [0.1, 0.15) is 5.75 Å². The van der Waals surface area contributed by atoms with Crippen LogP contribution < -0.4 is 4.74 Å². The van der Waals surface area contributed by atoms with E-state index in [1.54, 1.807) is 31.1 Å². The molecule has 3 fully saturated rings. The Bertz CT molecular complexity index is 816. The topological polar surface area (TPSA) is 70.2 Å². The SMILES string of the molecule is COc1cccc(C(=O)N2CCC3(CC2)[C@@H]2CN(C(C)=O)C[C@@H]2C(=O)N3C)c1. The maximum absolute atomic E-state index is 12.9. The number of rotatable bonds is 2. The molecule has 1 spiro atoms. The third kappa shape index (κ3) is 2.75. The zero-order valence-corrected chi connectivity index (χ0v) is 16.7. The van der Waals surface area contributed by atoms with E-state index in [9.17, 15) is 14.4 Å². The van der Waals surface area contributed by atoms with Crippen LogP contribution in [0, 0.1) is 11.8 Å². The first-order chi connectivity index (χ1) is 13.4. The second kappa shape index (κ2) is 6.79. The molecular formula is C21H27N3O4. The van der Waals surface area contributed by atoms with Crippen LogP contribution in [0.2, 0.25) is 0 Å². The summed E-state index contributed by atoms with van der Waals surface area (Å²) in [5.41, 5.74) is 0.365. The van der Waals surface area contributed by atoms with Crippen molar-refractivity contribution in [3.05, 3.63) is 29.8 Å². The molecule has 150 valence electrons. The summed E-state index contributed by atoms with van der Waals surface area (Å²) in [6.45, 7) is 3.95. The van der Waals surface area contributed by atoms with E-state index in [1.165, 1.54) is 0 Å². The first-order valence-electron chi connectivity index (χ1n) is 9.84. The van der Waals surface area contributed by atoms with Crippen LogP contribution in [0.25, 0.3) is 0 Å². The summed E-state index contributed by atoms with van der Waals surface area (Å²) in [5.74, 6) is 0.886. The fourth-order valence-electron chi connectivity index (χ4n) is 5.31. The minimum atomic E-state index is -0.253. The van der Waals surface area contributed by atoms with E-state index in [0.29, 0.717) is 37.5 Å². The Kier molecular flexibility index (Phi) is 4.56. The van der Waals surface area contributed by atoms with Crippen molar-refractivity contribution in [3.8, 4) is 5.75 Å². The summed E-state index contributed by atoms with van der Waals surface area (Å²) < 4.78 is 5.22. The molecule has 3 heterocycles. The zero-order chi connectivity index (χ0) is 20.1. The summed E-state index contributed by atoms with van der Waals surface area (Å²) in [7, 11) is 3.47. The third-order valence-electron chi connectivity index (χ3n) is 7.00. The maximum atomic E-state index is 12.9. The lowest BCUT2D eigenvalue weighted by atomic mass is 9.75. The molecule has 0 aromatic heterocycles. The number of likely N-dealkylation sites (tertiary alicyclic amines) is 3. The molecule has 4 rings (SSSR count). The van der Waals surface area contributed by atoms with Crippen LogP contribution in [-0.2, 0) is 9.59 Å². The highest BCUT2D eigenvalue weighted by Crippen LogP contribution is 2.49. The summed E-state index contributed by atoms with van der Waals surface area (Å²) in [6.07, 6.45) is 1.50. The molecule has 7 heteroatoms. The molecule has 7 nitrogen and oxygen atoms in total. The molecule has 0 aliphatic carbocycles. The van der Waals surface area contributed by atoms with Crippen LogP contribution in [0.5, 0.6) is 5.75 Å². The molecule has 2 atom stereocenters. The second-order valence-corrected chi connectivity index (χ2v) is 8.16. The van der Waals surface area contributed by atoms with Crippen molar-refractivity contribution in [3.63, 3.8) is 0 Å². The van der Waals surface area contributed by atoms with E-state index >= 15 is 0 Å². The van der Waals surface area contributed by atoms with E-state index in [-0.39, 0.29) is 35.1 Å². The lowest BCUT2D eigenvalue weighted by Gasteiger charge is -2.46. The minimum absolute atomic E-state index is 0.00550. The van der Waals surface area contributed by atoms with Gasteiger partial charge in [0.05, 0.1) is 18.6 Å². The van der Waals surface area contributed by atoms with Gasteiger partial charge in [0.25, 0.3) is 5.91 Å². The van der Waals surface area contributed by atoms with Gasteiger partial charge in [0.2, 0.25) is 11.8 Å². The van der Waals surface area contributed by atoms with Crippen molar-refractivity contribution < 1.29 is 19.1 Å². The summed E-state index contributed by atoms with van der Waals surface area (Å²) >= 11 is 0. The molecule has 3 aliphatic heterocycles. The molecule has 0 bridgehead atoms. The highest BCUT2D eigenvalue weighted by Gasteiger charge is 2.60. The van der Waals surface area contributed by atoms with Gasteiger partial charge in [-0.3, -0.25) is 14.4 Å². The van der Waals surface area contributed by atoms with Crippen LogP contribution >= 0.6 is 0 Å². The van der Waals surface area contributed by atoms with Gasteiger partial charge in [-0.05, 0) is 31.0 Å². The molecule has 1 aromatic rings. The number of ether oxygens (including phenoxy) is 1. The van der Waals surface area contributed by atoms with Gasteiger partial charge in [-0.2, -0.15) is 0 Å². The van der Waals surface area contributed by atoms with Crippen molar-refractivity contribution >= 4 is 17.7 Å². The van der Waals surface area contributed by atoms with Crippen LogP contribution in [0.1, 0.15) is 30.1 Å². The van der Waals surface area contributed by atoms with E-state index in [2.05, 4.69) is 0 Å². The number of carbonyl (C=O) groups is 3. The Morgan fingerprint density at radius 1 is 1.14 bits per heavy atom. The van der Waals surface area contributed by atoms with Crippen LogP contribution in [-0.4, -0.2) is 78.3 Å². The minimum Gasteiger partial charge on any atom is -0.497 e. The first kappa shape index (κ1) is 18.8. The number of hydrogen-bond acceptors (Lipinski definition) is 4. The standard InChI is InChI=1S/C21H27N3O4/c1-14(25)24-12-17-18(13-24)21(22(2)20(17)27)7-9-23(10-8-21)19(26)15-5-4-6-16(11-15)28-3/h4-6,11,17-18H,7-10,12-13H2,1-3H3/t17-,18+/m0/s1. The van der Waals surface area contributed by atoms with Crippen LogP contribution in [0.15, 0.2) is 24.3 Å². The van der Waals surface area contributed by atoms with E-state index < -0.39 is 0 Å². The smallest absolute Gasteiger partial charge is 0.253 e. The Morgan fingerprint density at radius 3 is 2.50 bits per heavy atom. The number of carbonyl (C=O) groups excluding carboxylic acids is 3. The zero-order valence-electron chi connectivity index (χ0n) is 16.7. The number of hydrogen-bond donors (Lipinski definition) is 0. The molecule has 0 radical (unpaired) electrons. The fraction of sp³-hybridized carbons (Fsp3) is 0.571. The molecule has 0 N–H and O–H groups in total. The van der Waals surface area contributed by atoms with Gasteiger partial charge in [-0.25, -0.2) is 0 Å². The third-order valence-corrected chi connectivity index (χ3v) is 7.00. The molecule has 28 heavy (non-hydrogen) atoms. The lowest BCUT2D eigenvalue weighted by Crippen LogP contribution is -2.56. The number of fused-ring (bicyclic) bond motifs is 2. The van der Waals surface area contributed by atoms with Crippen molar-refractivity contribution in [1.82, 2.24) is 14.7 Å². The number of amides is 3. The first-order valence-corrected chi connectivity index (χ1v) is 9.84. The average molecular weight is 385 g/mol. The second-order valence-electron chi connectivity index (χ2n) is 8.16. The van der Waals surface area contributed by atoms with E-state index in [4.69, 9.17) is 4.74 Å². The molecule has 0 saturated carbocycles. The monoisotopic (exact) mass is 385 g/mol. The molecule has 0 unspecified atom stereocenters. The maximum Gasteiger partial charge on any atom is 0.253 e. The highest BCUT2D eigenvalue weighted by atomic mass is 16.5. The number of nitrogens with zero attached hydrogens (tertiary/aromatic N) is 3. The van der Waals surface area contributed by atoms with E-state index in [1.807, 2.05) is 29.0 Å². The Hall–Kier alpha value is -2.57. The lowest BCUT2D eigenvalue weighted by molar-refractivity contribution is -0.135. The van der Waals surface area contributed by atoms with Crippen LogP contribution in [0.3, 0.4) is 0 Å². The number of methoxy groups -OCH3 is 1. The number of piperidine rings is 1. The van der Waals surface area contributed by atoms with Crippen molar-refractivity contribution in [2.24, 2.45) is 11.8 Å². The van der Waals surface area contributed by atoms with E-state index in [0.717, 1.165) is 12.8 Å². The number of benzene rings is 1. The normalized spacial score (nSPS) is 26.0. The molecular weight excluding hydrogens is 358 g/mol. The van der Waals surface area contributed by atoms with Gasteiger partial charge >= 0.3 is 0 Å². The molecule has 1 aromatic carbocycles. The predicted molar refractivity (Wildman–Crippen MR) is 103 cm³/mol. The average Bonchev–Trinajstić information content (AvgIpc) is 3.24. The fourth-order valence-corrected chi connectivity index (χ4v) is 5.31. The van der Waals surface area contributed by atoms with Crippen LogP contribution in [0.4, 0.5) is 0 Å². The molecule has 3 saturated heterocycles. The quantitative estimate of drug-likeness (QED) is 0.768. The Labute approximate surface area is 165 Å². The molecule has 3 aliphatic rings. The predicted octanol–water partition coefficient (Wildman–Crippen LogP) is 1.24. The highest BCUT2D eigenvalue weighted by molar-refractivity contribution is 5.94. The van der Waals surface area contributed by atoms with Crippen molar-refractivity contribution in [1.29, 1.82) is 0 Å². The Balaban J connectivity index is 1.50. The van der Waals surface area contributed by atoms with Gasteiger partial charge in [0, 0.05) is 51.6 Å². The summed E-state index contributed by atoms with van der Waals surface area (Å²) in [6, 6.07) is 7.20.